The number of rotatable bonds is 4. The Morgan fingerprint density at radius 3 is 2.56 bits per heavy atom. The fourth-order valence-electron chi connectivity index (χ4n) is 2.92. The minimum Gasteiger partial charge on any atom is -0.382 e. The van der Waals surface area contributed by atoms with E-state index < -0.39 is 0 Å². The molecule has 100 valence electrons. The van der Waals surface area contributed by atoms with E-state index in [4.69, 9.17) is 0 Å². The van der Waals surface area contributed by atoms with E-state index in [0.29, 0.717) is 6.04 Å². The van der Waals surface area contributed by atoms with E-state index in [2.05, 4.69) is 53.3 Å². The van der Waals surface area contributed by atoms with Gasteiger partial charge in [-0.2, -0.15) is 0 Å². The summed E-state index contributed by atoms with van der Waals surface area (Å²) in [6.45, 7) is 4.43. The third-order valence-electron chi connectivity index (χ3n) is 4.09. The number of anilines is 1. The molecule has 0 amide bonds. The molecule has 0 bridgehead atoms. The summed E-state index contributed by atoms with van der Waals surface area (Å²) in [6.07, 6.45) is 8.22. The zero-order valence-electron chi connectivity index (χ0n) is 11.5. The molecule has 0 unspecified atom stereocenters. The Labute approximate surface area is 119 Å². The summed E-state index contributed by atoms with van der Waals surface area (Å²) in [4.78, 5) is 0. The van der Waals surface area contributed by atoms with E-state index in [0.717, 1.165) is 5.92 Å². The SMILES string of the molecule is CCCC1CCC(Nc2ccc(C)c(Br)c2)CC1. The van der Waals surface area contributed by atoms with E-state index >= 15 is 0 Å². The van der Waals surface area contributed by atoms with Gasteiger partial charge in [-0.05, 0) is 56.2 Å². The summed E-state index contributed by atoms with van der Waals surface area (Å²) in [5, 5.41) is 3.68. The standard InChI is InChI=1S/C16H24BrN/c1-3-4-13-6-9-14(10-7-13)18-15-8-5-12(2)16(17)11-15/h5,8,11,13-14,18H,3-4,6-7,9-10H2,1-2H3. The lowest BCUT2D eigenvalue weighted by Gasteiger charge is -2.29. The van der Waals surface area contributed by atoms with Gasteiger partial charge in [-0.15, -0.1) is 0 Å². The third-order valence-corrected chi connectivity index (χ3v) is 4.94. The predicted octanol–water partition coefficient (Wildman–Crippen LogP) is 5.53. The van der Waals surface area contributed by atoms with Crippen LogP contribution < -0.4 is 5.32 Å². The van der Waals surface area contributed by atoms with Crippen LogP contribution in [0.25, 0.3) is 0 Å². The van der Waals surface area contributed by atoms with Crippen molar-refractivity contribution < 1.29 is 0 Å². The summed E-state index contributed by atoms with van der Waals surface area (Å²) in [5.74, 6) is 0.984. The van der Waals surface area contributed by atoms with Gasteiger partial charge < -0.3 is 5.32 Å². The molecule has 0 atom stereocenters. The van der Waals surface area contributed by atoms with Gasteiger partial charge in [-0.1, -0.05) is 41.8 Å². The molecule has 18 heavy (non-hydrogen) atoms. The molecule has 1 fully saturated rings. The molecule has 1 nitrogen and oxygen atoms in total. The molecular formula is C16H24BrN. The summed E-state index contributed by atoms with van der Waals surface area (Å²) < 4.78 is 1.20. The van der Waals surface area contributed by atoms with Crippen molar-refractivity contribution in [3.05, 3.63) is 28.2 Å². The van der Waals surface area contributed by atoms with E-state index in [-0.39, 0.29) is 0 Å². The Hall–Kier alpha value is -0.500. The summed E-state index contributed by atoms with van der Waals surface area (Å²) in [5.41, 5.74) is 2.55. The van der Waals surface area contributed by atoms with Crippen molar-refractivity contribution >= 4 is 21.6 Å². The Kier molecular flexibility index (Phi) is 5.11. The number of nitrogens with one attached hydrogen (secondary N) is 1. The van der Waals surface area contributed by atoms with Crippen LogP contribution in [0.4, 0.5) is 5.69 Å². The number of halogens is 1. The second kappa shape index (κ2) is 6.60. The first-order chi connectivity index (χ1) is 8.69. The summed E-state index contributed by atoms with van der Waals surface area (Å²) >= 11 is 3.60. The van der Waals surface area contributed by atoms with E-state index in [1.165, 1.54) is 54.2 Å². The molecule has 0 spiro atoms. The second-order valence-electron chi connectivity index (χ2n) is 5.61. The Bertz CT molecular complexity index is 381. The molecule has 1 aliphatic carbocycles. The first-order valence-corrected chi connectivity index (χ1v) is 8.01. The molecule has 0 aromatic heterocycles. The van der Waals surface area contributed by atoms with Crippen LogP contribution in [0, 0.1) is 12.8 Å². The molecule has 0 radical (unpaired) electrons. The van der Waals surface area contributed by atoms with Crippen LogP contribution in [0.3, 0.4) is 0 Å². The highest BCUT2D eigenvalue weighted by Gasteiger charge is 2.20. The van der Waals surface area contributed by atoms with Crippen LogP contribution >= 0.6 is 15.9 Å². The molecule has 0 aliphatic heterocycles. The number of hydrogen-bond donors (Lipinski definition) is 1. The smallest absolute Gasteiger partial charge is 0.0353 e. The fourth-order valence-corrected chi connectivity index (χ4v) is 3.30. The lowest BCUT2D eigenvalue weighted by Crippen LogP contribution is -2.26. The minimum absolute atomic E-state index is 0.674. The average molecular weight is 310 g/mol. The monoisotopic (exact) mass is 309 g/mol. The lowest BCUT2D eigenvalue weighted by molar-refractivity contribution is 0.319. The molecule has 2 heteroatoms. The second-order valence-corrected chi connectivity index (χ2v) is 6.47. The molecule has 0 heterocycles. The highest BCUT2D eigenvalue weighted by atomic mass is 79.9. The first kappa shape index (κ1) is 13.9. The van der Waals surface area contributed by atoms with Gasteiger partial charge in [0.25, 0.3) is 0 Å². The van der Waals surface area contributed by atoms with Gasteiger partial charge >= 0.3 is 0 Å². The molecule has 1 N–H and O–H groups in total. The number of benzene rings is 1. The van der Waals surface area contributed by atoms with Crippen molar-refractivity contribution in [3.8, 4) is 0 Å². The predicted molar refractivity (Wildman–Crippen MR) is 83.2 cm³/mol. The maximum Gasteiger partial charge on any atom is 0.0353 e. The molecule has 2 rings (SSSR count). The van der Waals surface area contributed by atoms with Crippen molar-refractivity contribution in [2.24, 2.45) is 5.92 Å². The summed E-state index contributed by atoms with van der Waals surface area (Å²) in [7, 11) is 0. The van der Waals surface area contributed by atoms with Gasteiger partial charge in [0, 0.05) is 16.2 Å². The molecular weight excluding hydrogens is 286 g/mol. The van der Waals surface area contributed by atoms with E-state index in [1.807, 2.05) is 0 Å². The molecule has 1 saturated carbocycles. The zero-order valence-corrected chi connectivity index (χ0v) is 13.1. The van der Waals surface area contributed by atoms with Crippen LogP contribution in [0.15, 0.2) is 22.7 Å². The largest absolute Gasteiger partial charge is 0.382 e. The minimum atomic E-state index is 0.674. The number of hydrogen-bond acceptors (Lipinski definition) is 1. The van der Waals surface area contributed by atoms with Crippen LogP contribution in [0.2, 0.25) is 0 Å². The van der Waals surface area contributed by atoms with Gasteiger partial charge in [0.15, 0.2) is 0 Å². The van der Waals surface area contributed by atoms with Gasteiger partial charge in [0.1, 0.15) is 0 Å². The highest BCUT2D eigenvalue weighted by Crippen LogP contribution is 2.30. The zero-order chi connectivity index (χ0) is 13.0. The van der Waals surface area contributed by atoms with Crippen LogP contribution in [0.5, 0.6) is 0 Å². The van der Waals surface area contributed by atoms with Crippen molar-refractivity contribution in [2.75, 3.05) is 5.32 Å². The van der Waals surface area contributed by atoms with Gasteiger partial charge in [-0.25, -0.2) is 0 Å². The Morgan fingerprint density at radius 1 is 1.22 bits per heavy atom. The quantitative estimate of drug-likeness (QED) is 0.771. The van der Waals surface area contributed by atoms with Crippen LogP contribution in [-0.4, -0.2) is 6.04 Å². The molecule has 0 saturated heterocycles. The van der Waals surface area contributed by atoms with Crippen molar-refractivity contribution in [1.29, 1.82) is 0 Å². The lowest BCUT2D eigenvalue weighted by atomic mass is 9.83. The normalized spacial score (nSPS) is 23.9. The van der Waals surface area contributed by atoms with Crippen molar-refractivity contribution in [1.82, 2.24) is 0 Å². The Balaban J connectivity index is 1.85. The topological polar surface area (TPSA) is 12.0 Å². The van der Waals surface area contributed by atoms with Gasteiger partial charge in [0.05, 0.1) is 0 Å². The molecule has 1 aliphatic rings. The summed E-state index contributed by atoms with van der Waals surface area (Å²) in [6, 6.07) is 7.24. The average Bonchev–Trinajstić information content (AvgIpc) is 2.37. The van der Waals surface area contributed by atoms with Gasteiger partial charge in [0.2, 0.25) is 0 Å². The highest BCUT2D eigenvalue weighted by molar-refractivity contribution is 9.10. The van der Waals surface area contributed by atoms with E-state index in [1.54, 1.807) is 0 Å². The molecule has 1 aromatic carbocycles. The molecule has 1 aromatic rings. The third kappa shape index (κ3) is 3.74. The van der Waals surface area contributed by atoms with E-state index in [9.17, 15) is 0 Å². The maximum atomic E-state index is 3.68. The first-order valence-electron chi connectivity index (χ1n) is 7.21. The Morgan fingerprint density at radius 2 is 1.94 bits per heavy atom. The van der Waals surface area contributed by atoms with Crippen molar-refractivity contribution in [2.45, 2.75) is 58.4 Å². The van der Waals surface area contributed by atoms with Crippen LogP contribution in [-0.2, 0) is 0 Å². The van der Waals surface area contributed by atoms with Gasteiger partial charge in [-0.3, -0.25) is 0 Å². The maximum absolute atomic E-state index is 3.68. The fraction of sp³-hybridized carbons (Fsp3) is 0.625. The van der Waals surface area contributed by atoms with Crippen LogP contribution in [0.1, 0.15) is 51.0 Å². The number of aryl methyl sites for hydroxylation is 1. The van der Waals surface area contributed by atoms with Crippen molar-refractivity contribution in [3.63, 3.8) is 0 Å².